The second-order valence-electron chi connectivity index (χ2n) is 6.65. The molecule has 0 bridgehead atoms. The lowest BCUT2D eigenvalue weighted by molar-refractivity contribution is -0.885. The molecule has 2 rings (SSSR count). The maximum atomic E-state index is 12.9. The van der Waals surface area contributed by atoms with E-state index in [1.54, 1.807) is 18.9 Å². The Balaban J connectivity index is 2.19. The van der Waals surface area contributed by atoms with Gasteiger partial charge in [0.1, 0.15) is 0 Å². The first-order valence-electron chi connectivity index (χ1n) is 8.94. The Morgan fingerprint density at radius 3 is 2.63 bits per heavy atom. The molecule has 0 spiro atoms. The molecule has 9 heteroatoms. The zero-order chi connectivity index (χ0) is 20.0. The summed E-state index contributed by atoms with van der Waals surface area (Å²) in [6.07, 6.45) is -2.66. The lowest BCUT2D eigenvalue weighted by atomic mass is 10.0. The van der Waals surface area contributed by atoms with Crippen molar-refractivity contribution in [3.63, 3.8) is 0 Å². The van der Waals surface area contributed by atoms with E-state index in [-0.39, 0.29) is 24.2 Å². The summed E-state index contributed by atoms with van der Waals surface area (Å²) in [6.45, 7) is 3.83. The minimum absolute atomic E-state index is 0.0545. The average Bonchev–Trinajstić information content (AvgIpc) is 2.62. The number of rotatable bonds is 4. The first-order chi connectivity index (χ1) is 12.7. The van der Waals surface area contributed by atoms with Crippen molar-refractivity contribution >= 4 is 17.5 Å². The van der Waals surface area contributed by atoms with Crippen molar-refractivity contribution in [3.05, 3.63) is 29.8 Å². The van der Waals surface area contributed by atoms with Crippen molar-refractivity contribution in [2.45, 2.75) is 32.0 Å². The second-order valence-corrected chi connectivity index (χ2v) is 6.65. The normalized spacial score (nSPS) is 20.9. The van der Waals surface area contributed by atoms with Gasteiger partial charge in [-0.05, 0) is 25.1 Å². The quantitative estimate of drug-likeness (QED) is 0.357. The lowest BCUT2D eigenvalue weighted by Gasteiger charge is -2.34. The number of piperidine rings is 1. The molecule has 0 amide bonds. The predicted molar refractivity (Wildman–Crippen MR) is 96.5 cm³/mol. The molecule has 0 saturated carbocycles. The molecular formula is C18H26F3N4O2+. The zero-order valence-electron chi connectivity index (χ0n) is 15.8. The number of nitrogens with zero attached hydrogens (tertiary/aromatic N) is 2. The van der Waals surface area contributed by atoms with Crippen LogP contribution in [0.25, 0.3) is 0 Å². The number of hydrogen-bond acceptors (Lipinski definition) is 4. The molecular weight excluding hydrogens is 361 g/mol. The minimum Gasteiger partial charge on any atom is -0.460 e. The number of carbonyl (C=O) groups is 1. The number of benzene rings is 1. The van der Waals surface area contributed by atoms with E-state index < -0.39 is 17.7 Å². The van der Waals surface area contributed by atoms with Crippen LogP contribution in [0, 0.1) is 0 Å². The summed E-state index contributed by atoms with van der Waals surface area (Å²) in [6, 6.07) is 4.80. The van der Waals surface area contributed by atoms with Crippen molar-refractivity contribution in [2.75, 3.05) is 39.2 Å². The highest BCUT2D eigenvalue weighted by molar-refractivity contribution is 6.35. The highest BCUT2D eigenvalue weighted by atomic mass is 19.4. The van der Waals surface area contributed by atoms with Crippen LogP contribution in [0.15, 0.2) is 29.4 Å². The molecule has 1 saturated heterocycles. The third-order valence-electron chi connectivity index (χ3n) is 4.63. The number of anilines is 1. The van der Waals surface area contributed by atoms with Crippen LogP contribution in [-0.2, 0) is 15.7 Å². The number of alkyl halides is 3. The van der Waals surface area contributed by atoms with Crippen LogP contribution in [-0.4, -0.2) is 56.5 Å². The number of amidine groups is 1. The number of likely N-dealkylation sites (N-methyl/N-ethyl adjacent to an activating group) is 1. The summed E-state index contributed by atoms with van der Waals surface area (Å²) in [5.41, 5.74) is 1.93. The van der Waals surface area contributed by atoms with E-state index in [1.165, 1.54) is 17.0 Å². The van der Waals surface area contributed by atoms with Gasteiger partial charge in [0.25, 0.3) is 0 Å². The number of halogens is 3. The van der Waals surface area contributed by atoms with Crippen molar-refractivity contribution in [1.82, 2.24) is 4.90 Å². The highest BCUT2D eigenvalue weighted by Crippen LogP contribution is 2.30. The first-order valence-corrected chi connectivity index (χ1v) is 8.94. The molecule has 1 aliphatic heterocycles. The Morgan fingerprint density at radius 2 is 2.04 bits per heavy atom. The van der Waals surface area contributed by atoms with Crippen LogP contribution in [0.5, 0.6) is 0 Å². The summed E-state index contributed by atoms with van der Waals surface area (Å²) < 4.78 is 43.6. The standard InChI is InChI=1S/C18H25F3N4O2/c1-4-27-17(26)16(25(3)15-8-10-24(2)11-9-15)23-22-14-7-5-6-13(12-14)18(19,20)21/h5-7,12,15,22H,4,8-11H2,1-3H3/p+1/b23-16-. The lowest BCUT2D eigenvalue weighted by Crippen LogP contribution is -3.10. The van der Waals surface area contributed by atoms with E-state index in [0.717, 1.165) is 38.1 Å². The minimum atomic E-state index is -4.45. The van der Waals surface area contributed by atoms with Crippen LogP contribution >= 0.6 is 0 Å². The highest BCUT2D eigenvalue weighted by Gasteiger charge is 2.31. The van der Waals surface area contributed by atoms with Gasteiger partial charge >= 0.3 is 12.1 Å². The topological polar surface area (TPSA) is 58.4 Å². The molecule has 1 heterocycles. The van der Waals surface area contributed by atoms with Gasteiger partial charge in [-0.2, -0.15) is 13.2 Å². The van der Waals surface area contributed by atoms with Crippen LogP contribution in [0.1, 0.15) is 25.3 Å². The fraction of sp³-hybridized carbons (Fsp3) is 0.556. The van der Waals surface area contributed by atoms with Gasteiger partial charge in [0, 0.05) is 25.9 Å². The fourth-order valence-electron chi connectivity index (χ4n) is 3.00. The van der Waals surface area contributed by atoms with E-state index >= 15 is 0 Å². The molecule has 0 aliphatic carbocycles. The van der Waals surface area contributed by atoms with E-state index in [1.807, 2.05) is 0 Å². The third kappa shape index (κ3) is 5.85. The van der Waals surface area contributed by atoms with Gasteiger partial charge in [0.15, 0.2) is 0 Å². The van der Waals surface area contributed by atoms with Crippen molar-refractivity contribution < 1.29 is 27.6 Å². The number of esters is 1. The molecule has 150 valence electrons. The van der Waals surface area contributed by atoms with E-state index in [0.29, 0.717) is 0 Å². The van der Waals surface area contributed by atoms with Gasteiger partial charge in [-0.15, -0.1) is 5.10 Å². The molecule has 0 atom stereocenters. The number of quaternary nitrogens is 1. The average molecular weight is 387 g/mol. The maximum Gasteiger partial charge on any atom is 0.416 e. The van der Waals surface area contributed by atoms with Crippen LogP contribution < -0.4 is 10.3 Å². The van der Waals surface area contributed by atoms with Crippen LogP contribution in [0.3, 0.4) is 0 Å². The molecule has 1 fully saturated rings. The summed E-state index contributed by atoms with van der Waals surface area (Å²) in [5, 5.41) is 4.07. The van der Waals surface area contributed by atoms with Crippen molar-refractivity contribution in [3.8, 4) is 0 Å². The summed E-state index contributed by atoms with van der Waals surface area (Å²) in [4.78, 5) is 15.5. The number of ether oxygens (including phenoxy) is 1. The molecule has 0 radical (unpaired) electrons. The third-order valence-corrected chi connectivity index (χ3v) is 4.63. The monoisotopic (exact) mass is 387 g/mol. The Labute approximate surface area is 157 Å². The number of hydrogen-bond donors (Lipinski definition) is 2. The molecule has 0 aromatic heterocycles. The van der Waals surface area contributed by atoms with E-state index in [2.05, 4.69) is 17.6 Å². The second kappa shape index (κ2) is 9.07. The van der Waals surface area contributed by atoms with Gasteiger partial charge in [0.2, 0.25) is 5.84 Å². The largest absolute Gasteiger partial charge is 0.460 e. The molecule has 1 aromatic carbocycles. The summed E-state index contributed by atoms with van der Waals surface area (Å²) >= 11 is 0. The SMILES string of the molecule is CCOC(=O)/C(=N/Nc1cccc(C(F)(F)F)c1)N(C)C1CC[NH+](C)CC1. The predicted octanol–water partition coefficient (Wildman–Crippen LogP) is 1.60. The molecule has 0 unspecified atom stereocenters. The maximum absolute atomic E-state index is 12.9. The van der Waals surface area contributed by atoms with Gasteiger partial charge in [-0.1, -0.05) is 6.07 Å². The molecule has 27 heavy (non-hydrogen) atoms. The number of hydrazone groups is 1. The molecule has 1 aromatic rings. The van der Waals surface area contributed by atoms with Crippen molar-refractivity contribution in [2.24, 2.45) is 5.10 Å². The number of likely N-dealkylation sites (tertiary alicyclic amines) is 1. The van der Waals surface area contributed by atoms with E-state index in [4.69, 9.17) is 4.74 Å². The number of carbonyl (C=O) groups excluding carboxylic acids is 1. The van der Waals surface area contributed by atoms with Gasteiger partial charge in [-0.25, -0.2) is 4.79 Å². The first kappa shape index (κ1) is 21.0. The van der Waals surface area contributed by atoms with Gasteiger partial charge < -0.3 is 14.5 Å². The summed E-state index contributed by atoms with van der Waals surface area (Å²) in [7, 11) is 3.88. The Morgan fingerprint density at radius 1 is 1.37 bits per heavy atom. The molecule has 6 nitrogen and oxygen atoms in total. The number of nitrogens with one attached hydrogen (secondary N) is 2. The molecule has 1 aliphatic rings. The fourth-order valence-corrected chi connectivity index (χ4v) is 3.00. The smallest absolute Gasteiger partial charge is 0.416 e. The Hall–Kier alpha value is -2.29. The van der Waals surface area contributed by atoms with E-state index in [9.17, 15) is 18.0 Å². The Bertz CT molecular complexity index is 671. The molecule has 2 N–H and O–H groups in total. The summed E-state index contributed by atoms with van der Waals surface area (Å²) in [5.74, 6) is -0.551. The van der Waals surface area contributed by atoms with Crippen LogP contribution in [0.2, 0.25) is 0 Å². The van der Waals surface area contributed by atoms with Gasteiger partial charge in [-0.3, -0.25) is 5.43 Å². The van der Waals surface area contributed by atoms with Gasteiger partial charge in [0.05, 0.1) is 38.0 Å². The Kier molecular flexibility index (Phi) is 7.06. The zero-order valence-corrected chi connectivity index (χ0v) is 15.8. The van der Waals surface area contributed by atoms with Crippen LogP contribution in [0.4, 0.5) is 18.9 Å². The van der Waals surface area contributed by atoms with Crippen molar-refractivity contribution in [1.29, 1.82) is 0 Å².